The van der Waals surface area contributed by atoms with Gasteiger partial charge in [-0.15, -0.1) is 10.2 Å². The molecule has 2 aromatic rings. The van der Waals surface area contributed by atoms with Crippen LogP contribution < -0.4 is 0 Å². The normalized spacial score (nSPS) is 17.2. The van der Waals surface area contributed by atoms with E-state index >= 15 is 0 Å². The van der Waals surface area contributed by atoms with E-state index in [2.05, 4.69) is 14.8 Å². The van der Waals surface area contributed by atoms with Crippen LogP contribution in [0.5, 0.6) is 0 Å². The second-order valence-corrected chi connectivity index (χ2v) is 6.47. The number of hydrogen-bond donors (Lipinski definition) is 0. The molecule has 2 amide bonds. The first-order chi connectivity index (χ1) is 10.8. The standard InChI is InChI=1S/C15H14N4O2S/c20-13-11-3-1-2-4-12(11)14(21)18(13)7-8-22-15-17-16-9-19(15)10-5-6-10/h1-4,9-10H,5-8H2. The van der Waals surface area contributed by atoms with Crippen LogP contribution in [0.1, 0.15) is 39.6 Å². The van der Waals surface area contributed by atoms with E-state index in [0.717, 1.165) is 5.16 Å². The van der Waals surface area contributed by atoms with Gasteiger partial charge in [0.1, 0.15) is 6.33 Å². The van der Waals surface area contributed by atoms with Crippen molar-refractivity contribution in [3.63, 3.8) is 0 Å². The summed E-state index contributed by atoms with van der Waals surface area (Å²) in [4.78, 5) is 25.8. The van der Waals surface area contributed by atoms with Gasteiger partial charge in [0.15, 0.2) is 5.16 Å². The number of thioether (sulfide) groups is 1. The third-order valence-electron chi connectivity index (χ3n) is 3.90. The molecule has 2 heterocycles. The molecule has 6 nitrogen and oxygen atoms in total. The van der Waals surface area contributed by atoms with Crippen molar-refractivity contribution >= 4 is 23.6 Å². The molecule has 0 atom stereocenters. The van der Waals surface area contributed by atoms with E-state index < -0.39 is 0 Å². The zero-order valence-electron chi connectivity index (χ0n) is 11.8. The molecule has 22 heavy (non-hydrogen) atoms. The van der Waals surface area contributed by atoms with Crippen LogP contribution in [-0.4, -0.2) is 43.8 Å². The predicted octanol–water partition coefficient (Wildman–Crippen LogP) is 2.00. The molecule has 1 aliphatic heterocycles. The van der Waals surface area contributed by atoms with E-state index in [1.807, 2.05) is 0 Å². The molecule has 0 N–H and O–H groups in total. The van der Waals surface area contributed by atoms with Crippen LogP contribution in [0.15, 0.2) is 35.7 Å². The molecule has 112 valence electrons. The number of hydrogen-bond acceptors (Lipinski definition) is 5. The fourth-order valence-electron chi connectivity index (χ4n) is 2.61. The van der Waals surface area contributed by atoms with Gasteiger partial charge in [-0.3, -0.25) is 14.5 Å². The highest BCUT2D eigenvalue weighted by atomic mass is 32.2. The smallest absolute Gasteiger partial charge is 0.261 e. The van der Waals surface area contributed by atoms with E-state index in [4.69, 9.17) is 0 Å². The van der Waals surface area contributed by atoms with Crippen LogP contribution in [0.2, 0.25) is 0 Å². The maximum absolute atomic E-state index is 12.2. The largest absolute Gasteiger partial charge is 0.306 e. The zero-order chi connectivity index (χ0) is 15.1. The minimum Gasteiger partial charge on any atom is -0.306 e. The Morgan fingerprint density at radius 2 is 1.82 bits per heavy atom. The second kappa shape index (κ2) is 5.24. The van der Waals surface area contributed by atoms with Gasteiger partial charge in [-0.2, -0.15) is 0 Å². The molecule has 1 aliphatic carbocycles. The van der Waals surface area contributed by atoms with E-state index in [1.165, 1.54) is 29.5 Å². The topological polar surface area (TPSA) is 68.1 Å². The SMILES string of the molecule is O=C1c2ccccc2C(=O)N1CCSc1nncn1C1CC1. The van der Waals surface area contributed by atoms with Gasteiger partial charge in [0.25, 0.3) is 11.8 Å². The molecular formula is C15H14N4O2S. The van der Waals surface area contributed by atoms with Crippen molar-refractivity contribution in [2.24, 2.45) is 0 Å². The minimum absolute atomic E-state index is 0.204. The summed E-state index contributed by atoms with van der Waals surface area (Å²) >= 11 is 1.53. The fraction of sp³-hybridized carbons (Fsp3) is 0.333. The van der Waals surface area contributed by atoms with Crippen LogP contribution in [0, 0.1) is 0 Å². The van der Waals surface area contributed by atoms with Crippen molar-refractivity contribution in [1.29, 1.82) is 0 Å². The number of carbonyl (C=O) groups excluding carboxylic acids is 2. The van der Waals surface area contributed by atoms with E-state index in [9.17, 15) is 9.59 Å². The van der Waals surface area contributed by atoms with Crippen molar-refractivity contribution in [1.82, 2.24) is 19.7 Å². The Balaban J connectivity index is 1.41. The number of aromatic nitrogens is 3. The Labute approximate surface area is 131 Å². The van der Waals surface area contributed by atoms with Gasteiger partial charge in [-0.1, -0.05) is 23.9 Å². The molecule has 0 saturated heterocycles. The summed E-state index contributed by atoms with van der Waals surface area (Å²) in [5, 5.41) is 8.91. The second-order valence-electron chi connectivity index (χ2n) is 5.41. The van der Waals surface area contributed by atoms with Crippen LogP contribution in [0.25, 0.3) is 0 Å². The van der Waals surface area contributed by atoms with Gasteiger partial charge >= 0.3 is 0 Å². The van der Waals surface area contributed by atoms with Crippen LogP contribution in [-0.2, 0) is 0 Å². The van der Waals surface area contributed by atoms with Gasteiger partial charge in [-0.25, -0.2) is 0 Å². The van der Waals surface area contributed by atoms with Gasteiger partial charge < -0.3 is 4.57 Å². The summed E-state index contributed by atoms with van der Waals surface area (Å²) in [7, 11) is 0. The molecular weight excluding hydrogens is 300 g/mol. The predicted molar refractivity (Wildman–Crippen MR) is 80.8 cm³/mol. The third-order valence-corrected chi connectivity index (χ3v) is 4.84. The maximum atomic E-state index is 12.2. The molecule has 1 fully saturated rings. The molecule has 0 bridgehead atoms. The lowest BCUT2D eigenvalue weighted by atomic mass is 10.1. The third kappa shape index (κ3) is 2.21. The van der Waals surface area contributed by atoms with E-state index in [-0.39, 0.29) is 11.8 Å². The molecule has 4 rings (SSSR count). The average Bonchev–Trinajstić information content (AvgIpc) is 3.23. The van der Waals surface area contributed by atoms with Crippen molar-refractivity contribution in [2.45, 2.75) is 24.0 Å². The number of fused-ring (bicyclic) bond motifs is 1. The van der Waals surface area contributed by atoms with Crippen LogP contribution >= 0.6 is 11.8 Å². The fourth-order valence-corrected chi connectivity index (χ4v) is 3.52. The average molecular weight is 314 g/mol. The van der Waals surface area contributed by atoms with Gasteiger partial charge in [0, 0.05) is 18.3 Å². The van der Waals surface area contributed by atoms with Crippen LogP contribution in [0.3, 0.4) is 0 Å². The summed E-state index contributed by atoms with van der Waals surface area (Å²) in [5.74, 6) is 0.214. The first-order valence-electron chi connectivity index (χ1n) is 7.23. The number of rotatable bonds is 5. The Morgan fingerprint density at radius 1 is 1.14 bits per heavy atom. The first-order valence-corrected chi connectivity index (χ1v) is 8.22. The first kappa shape index (κ1) is 13.5. The van der Waals surface area contributed by atoms with Crippen molar-refractivity contribution in [2.75, 3.05) is 12.3 Å². The maximum Gasteiger partial charge on any atom is 0.261 e. The van der Waals surface area contributed by atoms with Gasteiger partial charge in [-0.05, 0) is 25.0 Å². The number of carbonyl (C=O) groups is 2. The summed E-state index contributed by atoms with van der Waals surface area (Å²) in [6.45, 7) is 0.383. The summed E-state index contributed by atoms with van der Waals surface area (Å²) < 4.78 is 2.08. The monoisotopic (exact) mass is 314 g/mol. The highest BCUT2D eigenvalue weighted by molar-refractivity contribution is 7.99. The molecule has 1 saturated carbocycles. The van der Waals surface area contributed by atoms with Crippen molar-refractivity contribution in [3.05, 3.63) is 41.7 Å². The summed E-state index contributed by atoms with van der Waals surface area (Å²) in [6, 6.07) is 7.48. The summed E-state index contributed by atoms with van der Waals surface area (Å²) in [5.41, 5.74) is 0.997. The Hall–Kier alpha value is -2.15. The molecule has 2 aliphatic rings. The van der Waals surface area contributed by atoms with Gasteiger partial charge in [0.2, 0.25) is 0 Å². The summed E-state index contributed by atoms with van der Waals surface area (Å²) in [6.07, 6.45) is 4.09. The van der Waals surface area contributed by atoms with E-state index in [1.54, 1.807) is 30.6 Å². The lowest BCUT2D eigenvalue weighted by molar-refractivity contribution is 0.0664. The van der Waals surface area contributed by atoms with Gasteiger partial charge in [0.05, 0.1) is 11.1 Å². The molecule has 0 radical (unpaired) electrons. The minimum atomic E-state index is -0.204. The molecule has 1 aromatic carbocycles. The highest BCUT2D eigenvalue weighted by Gasteiger charge is 2.34. The van der Waals surface area contributed by atoms with Crippen LogP contribution in [0.4, 0.5) is 0 Å². The Morgan fingerprint density at radius 3 is 2.45 bits per heavy atom. The lowest BCUT2D eigenvalue weighted by Gasteiger charge is -2.13. The number of benzene rings is 1. The highest BCUT2D eigenvalue weighted by Crippen LogP contribution is 2.37. The zero-order valence-corrected chi connectivity index (χ0v) is 12.6. The van der Waals surface area contributed by atoms with Crippen molar-refractivity contribution in [3.8, 4) is 0 Å². The Kier molecular flexibility index (Phi) is 3.22. The molecule has 7 heteroatoms. The van der Waals surface area contributed by atoms with Crippen molar-refractivity contribution < 1.29 is 9.59 Å². The Bertz CT molecular complexity index is 719. The quantitative estimate of drug-likeness (QED) is 0.624. The number of amides is 2. The molecule has 0 unspecified atom stereocenters. The number of nitrogens with zero attached hydrogens (tertiary/aromatic N) is 4. The van der Waals surface area contributed by atoms with E-state index in [0.29, 0.717) is 29.5 Å². The molecule has 1 aromatic heterocycles. The molecule has 0 spiro atoms. The number of imide groups is 1. The lowest BCUT2D eigenvalue weighted by Crippen LogP contribution is -2.31.